The van der Waals surface area contributed by atoms with E-state index >= 15 is 0 Å². The molecule has 1 aromatic rings. The largest absolute Gasteiger partial charge is 0.380 e. The molecule has 0 radical (unpaired) electrons. The fraction of sp³-hybridized carbons (Fsp3) is 0.714. The standard InChI is InChI=1S/C21H37NO/c1-3-4-5-6-7-8-9-10-11-17-23-18-16-22-19-21-14-12-20(2)13-15-21/h12-15,22H,3-11,16-19H2,1-2H3. The highest BCUT2D eigenvalue weighted by Gasteiger charge is 1.94. The normalized spacial score (nSPS) is 11.0. The second kappa shape index (κ2) is 14.7. The summed E-state index contributed by atoms with van der Waals surface area (Å²) in [5, 5.41) is 3.43. The molecule has 0 fully saturated rings. The Morgan fingerprint density at radius 3 is 2.04 bits per heavy atom. The molecular formula is C21H37NO. The van der Waals surface area contributed by atoms with Crippen molar-refractivity contribution in [3.05, 3.63) is 35.4 Å². The summed E-state index contributed by atoms with van der Waals surface area (Å²) in [6.07, 6.45) is 12.3. The lowest BCUT2D eigenvalue weighted by Gasteiger charge is -2.07. The van der Waals surface area contributed by atoms with Crippen molar-refractivity contribution in [2.75, 3.05) is 19.8 Å². The zero-order chi connectivity index (χ0) is 16.6. The molecule has 2 heteroatoms. The molecule has 0 spiro atoms. The van der Waals surface area contributed by atoms with Gasteiger partial charge in [-0.05, 0) is 18.9 Å². The highest BCUT2D eigenvalue weighted by molar-refractivity contribution is 5.20. The number of ether oxygens (including phenoxy) is 1. The van der Waals surface area contributed by atoms with E-state index in [1.165, 1.54) is 68.9 Å². The summed E-state index contributed by atoms with van der Waals surface area (Å²) in [5.41, 5.74) is 2.66. The molecular weight excluding hydrogens is 282 g/mol. The number of unbranched alkanes of at least 4 members (excludes halogenated alkanes) is 8. The number of rotatable bonds is 15. The third-order valence-electron chi connectivity index (χ3n) is 4.27. The number of aryl methyl sites for hydroxylation is 1. The topological polar surface area (TPSA) is 21.3 Å². The molecule has 0 heterocycles. The van der Waals surface area contributed by atoms with Crippen molar-refractivity contribution in [2.24, 2.45) is 0 Å². The van der Waals surface area contributed by atoms with Crippen LogP contribution in [0.2, 0.25) is 0 Å². The number of benzene rings is 1. The van der Waals surface area contributed by atoms with Gasteiger partial charge in [0, 0.05) is 19.7 Å². The smallest absolute Gasteiger partial charge is 0.0591 e. The Hall–Kier alpha value is -0.860. The Kier molecular flexibility index (Phi) is 12.9. The molecule has 0 saturated heterocycles. The zero-order valence-electron chi connectivity index (χ0n) is 15.4. The van der Waals surface area contributed by atoms with Crippen LogP contribution in [0.3, 0.4) is 0 Å². The Bertz CT molecular complexity index is 361. The third-order valence-corrected chi connectivity index (χ3v) is 4.27. The van der Waals surface area contributed by atoms with Gasteiger partial charge in [-0.2, -0.15) is 0 Å². The lowest BCUT2D eigenvalue weighted by Crippen LogP contribution is -2.19. The number of hydrogen-bond donors (Lipinski definition) is 1. The van der Waals surface area contributed by atoms with Gasteiger partial charge in [0.05, 0.1) is 6.61 Å². The van der Waals surface area contributed by atoms with Crippen molar-refractivity contribution in [2.45, 2.75) is 78.2 Å². The molecule has 1 N–H and O–H groups in total. The second-order valence-corrected chi connectivity index (χ2v) is 6.60. The maximum absolute atomic E-state index is 5.69. The van der Waals surface area contributed by atoms with Crippen LogP contribution in [0, 0.1) is 6.92 Å². The summed E-state index contributed by atoms with van der Waals surface area (Å²) in [5.74, 6) is 0. The van der Waals surface area contributed by atoms with E-state index in [9.17, 15) is 0 Å². The molecule has 0 aliphatic carbocycles. The molecule has 0 saturated carbocycles. The van der Waals surface area contributed by atoms with Crippen LogP contribution in [0.1, 0.15) is 75.8 Å². The van der Waals surface area contributed by atoms with E-state index in [0.29, 0.717) is 0 Å². The molecule has 1 aromatic carbocycles. The molecule has 23 heavy (non-hydrogen) atoms. The Morgan fingerprint density at radius 2 is 1.39 bits per heavy atom. The van der Waals surface area contributed by atoms with Gasteiger partial charge in [-0.25, -0.2) is 0 Å². The van der Waals surface area contributed by atoms with Gasteiger partial charge in [-0.3, -0.25) is 0 Å². The van der Waals surface area contributed by atoms with Gasteiger partial charge in [0.1, 0.15) is 0 Å². The lowest BCUT2D eigenvalue weighted by molar-refractivity contribution is 0.131. The fourth-order valence-corrected chi connectivity index (χ4v) is 2.70. The van der Waals surface area contributed by atoms with E-state index in [1.54, 1.807) is 0 Å². The first-order valence-electron chi connectivity index (χ1n) is 9.67. The van der Waals surface area contributed by atoms with Crippen molar-refractivity contribution < 1.29 is 4.74 Å². The molecule has 1 rings (SSSR count). The van der Waals surface area contributed by atoms with Crippen molar-refractivity contribution >= 4 is 0 Å². The van der Waals surface area contributed by atoms with Crippen molar-refractivity contribution in [3.8, 4) is 0 Å². The van der Waals surface area contributed by atoms with Gasteiger partial charge < -0.3 is 10.1 Å². The Morgan fingerprint density at radius 1 is 0.783 bits per heavy atom. The SMILES string of the molecule is CCCCCCCCCCCOCCNCc1ccc(C)cc1. The minimum atomic E-state index is 0.822. The number of hydrogen-bond acceptors (Lipinski definition) is 2. The zero-order valence-corrected chi connectivity index (χ0v) is 15.4. The van der Waals surface area contributed by atoms with Crippen LogP contribution in [-0.2, 0) is 11.3 Å². The van der Waals surface area contributed by atoms with Crippen molar-refractivity contribution in [1.82, 2.24) is 5.32 Å². The van der Waals surface area contributed by atoms with E-state index in [4.69, 9.17) is 4.74 Å². The van der Waals surface area contributed by atoms with Gasteiger partial charge in [-0.1, -0.05) is 88.1 Å². The highest BCUT2D eigenvalue weighted by Crippen LogP contribution is 2.09. The summed E-state index contributed by atoms with van der Waals surface area (Å²) < 4.78 is 5.69. The summed E-state index contributed by atoms with van der Waals surface area (Å²) in [4.78, 5) is 0. The molecule has 0 aliphatic rings. The first-order valence-corrected chi connectivity index (χ1v) is 9.67. The van der Waals surface area contributed by atoms with Crippen LogP contribution >= 0.6 is 0 Å². The minimum Gasteiger partial charge on any atom is -0.380 e. The molecule has 0 unspecified atom stereocenters. The summed E-state index contributed by atoms with van der Waals surface area (Å²) in [6, 6.07) is 8.70. The molecule has 0 atom stereocenters. The van der Waals surface area contributed by atoms with Crippen LogP contribution in [0.15, 0.2) is 24.3 Å². The van der Waals surface area contributed by atoms with Crippen molar-refractivity contribution in [1.29, 1.82) is 0 Å². The fourth-order valence-electron chi connectivity index (χ4n) is 2.70. The number of nitrogens with one attached hydrogen (secondary N) is 1. The third kappa shape index (κ3) is 12.3. The van der Waals surface area contributed by atoms with Gasteiger partial charge in [0.25, 0.3) is 0 Å². The van der Waals surface area contributed by atoms with Gasteiger partial charge in [-0.15, -0.1) is 0 Å². The average molecular weight is 320 g/mol. The van der Waals surface area contributed by atoms with E-state index in [-0.39, 0.29) is 0 Å². The predicted molar refractivity (Wildman–Crippen MR) is 101 cm³/mol. The van der Waals surface area contributed by atoms with Gasteiger partial charge in [0.15, 0.2) is 0 Å². The van der Waals surface area contributed by atoms with E-state index in [2.05, 4.69) is 43.4 Å². The van der Waals surface area contributed by atoms with Crippen LogP contribution in [0.5, 0.6) is 0 Å². The first-order chi connectivity index (χ1) is 11.3. The molecule has 0 amide bonds. The second-order valence-electron chi connectivity index (χ2n) is 6.60. The maximum Gasteiger partial charge on any atom is 0.0591 e. The van der Waals surface area contributed by atoms with Crippen LogP contribution < -0.4 is 5.32 Å². The van der Waals surface area contributed by atoms with Crippen molar-refractivity contribution in [3.63, 3.8) is 0 Å². The van der Waals surface area contributed by atoms with Crippen LogP contribution in [0.25, 0.3) is 0 Å². The minimum absolute atomic E-state index is 0.822. The highest BCUT2D eigenvalue weighted by atomic mass is 16.5. The molecule has 0 bridgehead atoms. The molecule has 0 aromatic heterocycles. The van der Waals surface area contributed by atoms with E-state index in [0.717, 1.165) is 26.3 Å². The lowest BCUT2D eigenvalue weighted by atomic mass is 10.1. The predicted octanol–water partition coefficient (Wildman–Crippen LogP) is 5.63. The monoisotopic (exact) mass is 319 g/mol. The Balaban J connectivity index is 1.77. The molecule has 2 nitrogen and oxygen atoms in total. The van der Waals surface area contributed by atoms with Gasteiger partial charge in [0.2, 0.25) is 0 Å². The summed E-state index contributed by atoms with van der Waals surface area (Å²) in [7, 11) is 0. The average Bonchev–Trinajstić information content (AvgIpc) is 2.57. The van der Waals surface area contributed by atoms with Crippen LogP contribution in [0.4, 0.5) is 0 Å². The quantitative estimate of drug-likeness (QED) is 0.423. The van der Waals surface area contributed by atoms with E-state index < -0.39 is 0 Å². The van der Waals surface area contributed by atoms with Crippen LogP contribution in [-0.4, -0.2) is 19.8 Å². The summed E-state index contributed by atoms with van der Waals surface area (Å²) >= 11 is 0. The summed E-state index contributed by atoms with van der Waals surface area (Å²) in [6.45, 7) is 8.01. The maximum atomic E-state index is 5.69. The first kappa shape index (κ1) is 20.2. The molecule has 0 aliphatic heterocycles. The molecule has 132 valence electrons. The van der Waals surface area contributed by atoms with Gasteiger partial charge >= 0.3 is 0 Å². The Labute approximate surface area is 144 Å². The van der Waals surface area contributed by atoms with E-state index in [1.807, 2.05) is 0 Å².